The lowest BCUT2D eigenvalue weighted by molar-refractivity contribution is 0.533. The number of rotatable bonds is 2. The third kappa shape index (κ3) is 2.21. The fourth-order valence-corrected chi connectivity index (χ4v) is 3.36. The third-order valence-corrected chi connectivity index (χ3v) is 4.40. The summed E-state index contributed by atoms with van der Waals surface area (Å²) >= 11 is 6.07. The minimum absolute atomic E-state index is 0.519. The van der Waals surface area contributed by atoms with Crippen molar-refractivity contribution in [1.82, 2.24) is 14.5 Å². The van der Waals surface area contributed by atoms with Crippen LogP contribution in [0.2, 0.25) is 5.02 Å². The van der Waals surface area contributed by atoms with Gasteiger partial charge in [0.05, 0.1) is 34.0 Å². The molecule has 4 nitrogen and oxygen atoms in total. The number of nitrogens with zero attached hydrogens (tertiary/aromatic N) is 4. The van der Waals surface area contributed by atoms with Crippen LogP contribution in [0.1, 0.15) is 19.4 Å². The summed E-state index contributed by atoms with van der Waals surface area (Å²) in [4.78, 5) is 9.26. The van der Waals surface area contributed by atoms with Gasteiger partial charge < -0.3 is 4.57 Å². The molecule has 0 saturated heterocycles. The smallest absolute Gasteiger partial charge is 0.101 e. The monoisotopic (exact) mass is 334 g/mol. The second-order valence-corrected chi connectivity index (χ2v) is 6.81. The minimum Gasteiger partial charge on any atom is -0.330 e. The van der Waals surface area contributed by atoms with Crippen LogP contribution in [0.4, 0.5) is 0 Å². The molecule has 5 heteroatoms. The van der Waals surface area contributed by atoms with Gasteiger partial charge in [0, 0.05) is 22.3 Å². The van der Waals surface area contributed by atoms with Gasteiger partial charge in [-0.05, 0) is 36.2 Å². The zero-order chi connectivity index (χ0) is 16.8. The molecule has 0 aliphatic heterocycles. The van der Waals surface area contributed by atoms with E-state index < -0.39 is 0 Å². The lowest BCUT2D eigenvalue weighted by Crippen LogP contribution is -2.02. The molecular formula is C19H15ClN4. The largest absolute Gasteiger partial charge is 0.330 e. The highest BCUT2D eigenvalue weighted by atomic mass is 35.5. The molecule has 118 valence electrons. The summed E-state index contributed by atoms with van der Waals surface area (Å²) in [5, 5.41) is 12.0. The van der Waals surface area contributed by atoms with Crippen LogP contribution < -0.4 is 0 Å². The van der Waals surface area contributed by atoms with Gasteiger partial charge >= 0.3 is 0 Å². The maximum atomic E-state index is 9.77. The van der Waals surface area contributed by atoms with Gasteiger partial charge in [-0.2, -0.15) is 5.26 Å². The Morgan fingerprint density at radius 3 is 2.79 bits per heavy atom. The van der Waals surface area contributed by atoms with E-state index in [-0.39, 0.29) is 0 Å². The van der Waals surface area contributed by atoms with Crippen LogP contribution in [-0.4, -0.2) is 14.5 Å². The first-order valence-electron chi connectivity index (χ1n) is 7.85. The van der Waals surface area contributed by atoms with Crippen LogP contribution >= 0.6 is 11.6 Å². The SMILES string of the molecule is CC(C)Cn1cnc2c3c(C#N)c4ccc(Cl)cc4nc3ccc21. The van der Waals surface area contributed by atoms with Crippen LogP contribution in [-0.2, 0) is 6.54 Å². The van der Waals surface area contributed by atoms with Gasteiger partial charge in [0.15, 0.2) is 0 Å². The van der Waals surface area contributed by atoms with Crippen LogP contribution in [0.15, 0.2) is 36.7 Å². The number of hydrogen-bond acceptors (Lipinski definition) is 3. The van der Waals surface area contributed by atoms with Crippen molar-refractivity contribution < 1.29 is 0 Å². The van der Waals surface area contributed by atoms with Gasteiger partial charge in [0.1, 0.15) is 6.07 Å². The molecule has 0 radical (unpaired) electrons. The molecule has 4 rings (SSSR count). The number of imidazole rings is 1. The maximum absolute atomic E-state index is 9.77. The van der Waals surface area contributed by atoms with E-state index in [0.29, 0.717) is 16.5 Å². The van der Waals surface area contributed by atoms with Crippen molar-refractivity contribution in [3.63, 3.8) is 0 Å². The molecule has 0 aliphatic carbocycles. The Morgan fingerprint density at radius 2 is 2.04 bits per heavy atom. The Morgan fingerprint density at radius 1 is 1.21 bits per heavy atom. The Labute approximate surface area is 144 Å². The number of hydrogen-bond donors (Lipinski definition) is 0. The number of halogens is 1. The Bertz CT molecular complexity index is 1140. The summed E-state index contributed by atoms with van der Waals surface area (Å²) in [6.07, 6.45) is 1.84. The summed E-state index contributed by atoms with van der Waals surface area (Å²) in [7, 11) is 0. The average Bonchev–Trinajstić information content (AvgIpc) is 2.94. The summed E-state index contributed by atoms with van der Waals surface area (Å²) < 4.78 is 2.13. The molecule has 0 atom stereocenters. The fourth-order valence-electron chi connectivity index (χ4n) is 3.19. The average molecular weight is 335 g/mol. The molecule has 0 saturated carbocycles. The molecule has 0 bridgehead atoms. The summed E-state index contributed by atoms with van der Waals surface area (Å²) in [5.41, 5.74) is 3.96. The quantitative estimate of drug-likeness (QED) is 0.489. The van der Waals surface area contributed by atoms with Crippen molar-refractivity contribution >= 4 is 44.4 Å². The zero-order valence-electron chi connectivity index (χ0n) is 13.4. The van der Waals surface area contributed by atoms with E-state index in [2.05, 4.69) is 34.5 Å². The van der Waals surface area contributed by atoms with Gasteiger partial charge in [-0.15, -0.1) is 0 Å². The Hall–Kier alpha value is -2.64. The van der Waals surface area contributed by atoms with E-state index in [4.69, 9.17) is 11.6 Å². The molecule has 0 unspecified atom stereocenters. The van der Waals surface area contributed by atoms with E-state index in [1.807, 2.05) is 24.5 Å². The number of pyridine rings is 1. The second-order valence-electron chi connectivity index (χ2n) is 6.38. The molecule has 0 amide bonds. The summed E-state index contributed by atoms with van der Waals surface area (Å²) in [6, 6.07) is 11.8. The van der Waals surface area contributed by atoms with E-state index in [1.54, 1.807) is 12.1 Å². The number of aromatic nitrogens is 3. The fraction of sp³-hybridized carbons (Fsp3) is 0.211. The first kappa shape index (κ1) is 14.9. The zero-order valence-corrected chi connectivity index (χ0v) is 14.2. The van der Waals surface area contributed by atoms with Crippen LogP contribution in [0.3, 0.4) is 0 Å². The molecule has 0 spiro atoms. The maximum Gasteiger partial charge on any atom is 0.101 e. The molecular weight excluding hydrogens is 320 g/mol. The van der Waals surface area contributed by atoms with E-state index in [0.717, 1.165) is 39.4 Å². The van der Waals surface area contributed by atoms with E-state index >= 15 is 0 Å². The van der Waals surface area contributed by atoms with Gasteiger partial charge in [-0.1, -0.05) is 25.4 Å². The van der Waals surface area contributed by atoms with Crippen LogP contribution in [0, 0.1) is 17.2 Å². The predicted molar refractivity (Wildman–Crippen MR) is 97.1 cm³/mol. The second kappa shape index (κ2) is 5.47. The highest BCUT2D eigenvalue weighted by molar-refractivity contribution is 6.31. The van der Waals surface area contributed by atoms with Gasteiger partial charge in [-0.25, -0.2) is 9.97 Å². The molecule has 2 aromatic heterocycles. The van der Waals surface area contributed by atoms with Crippen molar-refractivity contribution in [3.05, 3.63) is 47.2 Å². The molecule has 2 aromatic carbocycles. The standard InChI is InChI=1S/C19H15ClN4/c1-11(2)9-24-10-22-19-17(24)6-5-15-18(19)14(8-21)13-4-3-12(20)7-16(13)23-15/h3-7,10-11H,9H2,1-2H3. The Balaban J connectivity index is 2.14. The topological polar surface area (TPSA) is 54.5 Å². The van der Waals surface area contributed by atoms with Crippen molar-refractivity contribution in [2.45, 2.75) is 20.4 Å². The lowest BCUT2D eigenvalue weighted by atomic mass is 10.0. The van der Waals surface area contributed by atoms with Crippen molar-refractivity contribution in [3.8, 4) is 6.07 Å². The van der Waals surface area contributed by atoms with E-state index in [1.165, 1.54) is 0 Å². The highest BCUT2D eigenvalue weighted by Crippen LogP contribution is 2.32. The molecule has 4 aromatic rings. The summed E-state index contributed by atoms with van der Waals surface area (Å²) in [5.74, 6) is 0.519. The number of nitriles is 1. The normalized spacial score (nSPS) is 11.6. The summed E-state index contributed by atoms with van der Waals surface area (Å²) in [6.45, 7) is 5.24. The van der Waals surface area contributed by atoms with Gasteiger partial charge in [0.2, 0.25) is 0 Å². The first-order chi connectivity index (χ1) is 11.6. The molecule has 0 fully saturated rings. The van der Waals surface area contributed by atoms with Crippen molar-refractivity contribution in [2.75, 3.05) is 0 Å². The number of benzene rings is 2. The highest BCUT2D eigenvalue weighted by Gasteiger charge is 2.15. The van der Waals surface area contributed by atoms with Crippen molar-refractivity contribution in [1.29, 1.82) is 5.26 Å². The minimum atomic E-state index is 0.519. The first-order valence-corrected chi connectivity index (χ1v) is 8.23. The van der Waals surface area contributed by atoms with Gasteiger partial charge in [0.25, 0.3) is 0 Å². The van der Waals surface area contributed by atoms with Crippen molar-refractivity contribution in [2.24, 2.45) is 5.92 Å². The van der Waals surface area contributed by atoms with Crippen LogP contribution in [0.5, 0.6) is 0 Å². The molecule has 0 N–H and O–H groups in total. The lowest BCUT2D eigenvalue weighted by Gasteiger charge is -2.09. The van der Waals surface area contributed by atoms with E-state index in [9.17, 15) is 5.26 Å². The van der Waals surface area contributed by atoms with Crippen LogP contribution in [0.25, 0.3) is 32.8 Å². The van der Waals surface area contributed by atoms with Gasteiger partial charge in [-0.3, -0.25) is 0 Å². The predicted octanol–water partition coefficient (Wildman–Crippen LogP) is 4.92. The Kier molecular flexibility index (Phi) is 3.40. The molecule has 0 aliphatic rings. The number of fused-ring (bicyclic) bond motifs is 4. The molecule has 2 heterocycles. The third-order valence-electron chi connectivity index (χ3n) is 4.16. The molecule has 24 heavy (non-hydrogen) atoms.